The first-order valence-corrected chi connectivity index (χ1v) is 9.55. The van der Waals surface area contributed by atoms with E-state index < -0.39 is 29.8 Å². The molecule has 1 heterocycles. The molecule has 0 bridgehead atoms. The van der Waals surface area contributed by atoms with Gasteiger partial charge in [0.15, 0.2) is 0 Å². The maximum absolute atomic E-state index is 13.0. The number of piperidine rings is 1. The van der Waals surface area contributed by atoms with Crippen LogP contribution in [0.1, 0.15) is 54.5 Å². The number of halogens is 3. The fourth-order valence-electron chi connectivity index (χ4n) is 3.89. The summed E-state index contributed by atoms with van der Waals surface area (Å²) >= 11 is 0. The van der Waals surface area contributed by atoms with E-state index in [0.29, 0.717) is 18.5 Å². The summed E-state index contributed by atoms with van der Waals surface area (Å²) in [5, 5.41) is 9.69. The number of hydrogen-bond acceptors (Lipinski definition) is 2. The van der Waals surface area contributed by atoms with E-state index in [1.165, 1.54) is 12.1 Å². The highest BCUT2D eigenvalue weighted by atomic mass is 19.4. The van der Waals surface area contributed by atoms with Gasteiger partial charge in [-0.1, -0.05) is 49.7 Å². The zero-order chi connectivity index (χ0) is 20.3. The second-order valence-corrected chi connectivity index (χ2v) is 7.21. The number of alkyl halides is 3. The van der Waals surface area contributed by atoms with Crippen molar-refractivity contribution >= 4 is 5.97 Å². The van der Waals surface area contributed by atoms with Crippen LogP contribution in [0, 0.1) is 0 Å². The van der Waals surface area contributed by atoms with Crippen molar-refractivity contribution in [1.29, 1.82) is 0 Å². The lowest BCUT2D eigenvalue weighted by Crippen LogP contribution is -2.46. The Morgan fingerprint density at radius 3 is 2.14 bits per heavy atom. The predicted molar refractivity (Wildman–Crippen MR) is 101 cm³/mol. The van der Waals surface area contributed by atoms with Crippen LogP contribution in [0.2, 0.25) is 0 Å². The van der Waals surface area contributed by atoms with E-state index in [4.69, 9.17) is 0 Å². The molecule has 28 heavy (non-hydrogen) atoms. The summed E-state index contributed by atoms with van der Waals surface area (Å²) < 4.78 is 38.9. The number of carbonyl (C=O) groups is 1. The summed E-state index contributed by atoms with van der Waals surface area (Å²) in [7, 11) is 0. The monoisotopic (exact) mass is 391 g/mol. The summed E-state index contributed by atoms with van der Waals surface area (Å²) in [5.41, 5.74) is 2.02. The molecule has 0 spiro atoms. The molecule has 2 aromatic carbocycles. The van der Waals surface area contributed by atoms with Crippen LogP contribution in [0.25, 0.3) is 0 Å². The van der Waals surface area contributed by atoms with Crippen molar-refractivity contribution < 1.29 is 23.1 Å². The second-order valence-electron chi connectivity index (χ2n) is 7.21. The largest absolute Gasteiger partial charge is 0.480 e. The second kappa shape index (κ2) is 8.35. The van der Waals surface area contributed by atoms with Gasteiger partial charge in [-0.25, -0.2) is 0 Å². The van der Waals surface area contributed by atoms with Gasteiger partial charge in [0.2, 0.25) is 0 Å². The van der Waals surface area contributed by atoms with Crippen molar-refractivity contribution in [2.24, 2.45) is 0 Å². The third-order valence-electron chi connectivity index (χ3n) is 5.42. The van der Waals surface area contributed by atoms with E-state index in [0.717, 1.165) is 42.5 Å². The van der Waals surface area contributed by atoms with Gasteiger partial charge in [0.25, 0.3) is 0 Å². The molecule has 150 valence electrons. The van der Waals surface area contributed by atoms with Crippen LogP contribution in [0.4, 0.5) is 13.2 Å². The van der Waals surface area contributed by atoms with E-state index in [1.807, 2.05) is 36.1 Å². The van der Waals surface area contributed by atoms with Crippen LogP contribution >= 0.6 is 0 Å². The predicted octanol–water partition coefficient (Wildman–Crippen LogP) is 5.30. The van der Waals surface area contributed by atoms with Crippen LogP contribution in [0.3, 0.4) is 0 Å². The molecular weight excluding hydrogens is 367 g/mol. The lowest BCUT2D eigenvalue weighted by atomic mass is 9.90. The number of benzene rings is 2. The number of carboxylic acid groups (broad SMARTS) is 1. The van der Waals surface area contributed by atoms with E-state index >= 15 is 0 Å². The first-order chi connectivity index (χ1) is 13.3. The van der Waals surface area contributed by atoms with Gasteiger partial charge >= 0.3 is 12.1 Å². The molecule has 3 nitrogen and oxygen atoms in total. The van der Waals surface area contributed by atoms with Gasteiger partial charge in [0.05, 0.1) is 11.6 Å². The fourth-order valence-corrected chi connectivity index (χ4v) is 3.89. The molecule has 2 aromatic rings. The Bertz CT molecular complexity index is 800. The number of carboxylic acids is 1. The zero-order valence-electron chi connectivity index (χ0n) is 15.7. The molecule has 2 unspecified atom stereocenters. The first kappa shape index (κ1) is 20.4. The Labute approximate surface area is 162 Å². The highest BCUT2D eigenvalue weighted by Gasteiger charge is 2.36. The average molecular weight is 391 g/mol. The van der Waals surface area contributed by atoms with Gasteiger partial charge < -0.3 is 5.11 Å². The molecule has 3 rings (SSSR count). The molecular formula is C22H24F3NO2. The molecule has 1 fully saturated rings. The SMILES string of the molecule is CCc1ccc(C(c2ccc(C(F)(F)F)cc2)N2CCCCC2C(=O)O)cc1. The van der Waals surface area contributed by atoms with Gasteiger partial charge in [0, 0.05) is 0 Å². The molecule has 0 aliphatic carbocycles. The normalized spacial score (nSPS) is 19.4. The minimum absolute atomic E-state index is 0.394. The highest BCUT2D eigenvalue weighted by molar-refractivity contribution is 5.73. The van der Waals surface area contributed by atoms with Crippen LogP contribution in [-0.4, -0.2) is 28.6 Å². The molecule has 0 amide bonds. The number of hydrogen-bond donors (Lipinski definition) is 1. The molecule has 1 aliphatic heterocycles. The molecule has 1 N–H and O–H groups in total. The number of aliphatic carboxylic acids is 1. The molecule has 1 saturated heterocycles. The zero-order valence-corrected chi connectivity index (χ0v) is 15.7. The lowest BCUT2D eigenvalue weighted by Gasteiger charge is -2.39. The van der Waals surface area contributed by atoms with Crippen molar-refractivity contribution in [3.63, 3.8) is 0 Å². The summed E-state index contributed by atoms with van der Waals surface area (Å²) in [4.78, 5) is 13.7. The summed E-state index contributed by atoms with van der Waals surface area (Å²) in [6.45, 7) is 2.64. The van der Waals surface area contributed by atoms with Crippen LogP contribution in [-0.2, 0) is 17.4 Å². The Hall–Kier alpha value is -2.34. The molecule has 2 atom stereocenters. The van der Waals surface area contributed by atoms with Crippen molar-refractivity contribution in [3.05, 3.63) is 70.8 Å². The third kappa shape index (κ3) is 4.38. The quantitative estimate of drug-likeness (QED) is 0.752. The Morgan fingerprint density at radius 2 is 1.64 bits per heavy atom. The van der Waals surface area contributed by atoms with Crippen LogP contribution in [0.5, 0.6) is 0 Å². The summed E-state index contributed by atoms with van der Waals surface area (Å²) in [5.74, 6) is -0.887. The molecule has 0 saturated carbocycles. The van der Waals surface area contributed by atoms with Gasteiger partial charge in [-0.2, -0.15) is 13.2 Å². The minimum Gasteiger partial charge on any atom is -0.480 e. The van der Waals surface area contributed by atoms with E-state index in [2.05, 4.69) is 0 Å². The van der Waals surface area contributed by atoms with Crippen molar-refractivity contribution in [2.75, 3.05) is 6.54 Å². The standard InChI is InChI=1S/C22H24F3NO2/c1-2-15-6-8-16(9-7-15)20(26-14-4-3-5-19(26)21(27)28)17-10-12-18(13-11-17)22(23,24)25/h6-13,19-20H,2-5,14H2,1H3,(H,27,28). The van der Waals surface area contributed by atoms with E-state index in [1.54, 1.807) is 0 Å². The van der Waals surface area contributed by atoms with Crippen molar-refractivity contribution in [1.82, 2.24) is 4.90 Å². The van der Waals surface area contributed by atoms with Crippen LogP contribution in [0.15, 0.2) is 48.5 Å². The third-order valence-corrected chi connectivity index (χ3v) is 5.42. The summed E-state index contributed by atoms with van der Waals surface area (Å²) in [6, 6.07) is 11.9. The smallest absolute Gasteiger partial charge is 0.416 e. The summed E-state index contributed by atoms with van der Waals surface area (Å²) in [6.07, 6.45) is -1.27. The molecule has 6 heteroatoms. The number of rotatable bonds is 5. The Morgan fingerprint density at radius 1 is 1.07 bits per heavy atom. The van der Waals surface area contributed by atoms with Crippen LogP contribution < -0.4 is 0 Å². The maximum atomic E-state index is 13.0. The highest BCUT2D eigenvalue weighted by Crippen LogP contribution is 2.36. The molecule has 0 radical (unpaired) electrons. The van der Waals surface area contributed by atoms with E-state index in [9.17, 15) is 23.1 Å². The van der Waals surface area contributed by atoms with E-state index in [-0.39, 0.29) is 0 Å². The fraction of sp³-hybridized carbons (Fsp3) is 0.409. The number of nitrogens with zero attached hydrogens (tertiary/aromatic N) is 1. The lowest BCUT2D eigenvalue weighted by molar-refractivity contribution is -0.145. The average Bonchev–Trinajstić information content (AvgIpc) is 2.69. The maximum Gasteiger partial charge on any atom is 0.416 e. The first-order valence-electron chi connectivity index (χ1n) is 9.55. The van der Waals surface area contributed by atoms with Gasteiger partial charge in [-0.3, -0.25) is 9.69 Å². The van der Waals surface area contributed by atoms with Crippen molar-refractivity contribution in [2.45, 2.75) is 50.9 Å². The Kier molecular flexibility index (Phi) is 6.08. The molecule has 0 aromatic heterocycles. The number of likely N-dealkylation sites (tertiary alicyclic amines) is 1. The van der Waals surface area contributed by atoms with Crippen molar-refractivity contribution in [3.8, 4) is 0 Å². The van der Waals surface area contributed by atoms with Gasteiger partial charge in [-0.05, 0) is 54.6 Å². The molecule has 1 aliphatic rings. The topological polar surface area (TPSA) is 40.5 Å². The Balaban J connectivity index is 2.04. The minimum atomic E-state index is -4.40. The number of aryl methyl sites for hydroxylation is 1. The van der Waals surface area contributed by atoms with Gasteiger partial charge in [-0.15, -0.1) is 0 Å². The van der Waals surface area contributed by atoms with Gasteiger partial charge in [0.1, 0.15) is 6.04 Å².